The lowest BCUT2D eigenvalue weighted by Crippen LogP contribution is -2.44. The lowest BCUT2D eigenvalue weighted by atomic mass is 9.74. The van der Waals surface area contributed by atoms with Crippen LogP contribution in [-0.2, 0) is 15.8 Å². The van der Waals surface area contributed by atoms with Crippen molar-refractivity contribution in [3.8, 4) is 0 Å². The van der Waals surface area contributed by atoms with E-state index in [1.165, 1.54) is 0 Å². The van der Waals surface area contributed by atoms with Crippen LogP contribution >= 0.6 is 0 Å². The lowest BCUT2D eigenvalue weighted by Gasteiger charge is -2.32. The van der Waals surface area contributed by atoms with Gasteiger partial charge in [0.2, 0.25) is 0 Å². The molecule has 1 aliphatic rings. The van der Waals surface area contributed by atoms with Gasteiger partial charge in [0.1, 0.15) is 5.60 Å². The summed E-state index contributed by atoms with van der Waals surface area (Å²) in [5.74, 6) is 0.284. The van der Waals surface area contributed by atoms with E-state index in [4.69, 9.17) is 9.39 Å². The molecule has 1 aromatic rings. The third-order valence-electron chi connectivity index (χ3n) is 5.26. The number of aryl methyl sites for hydroxylation is 1. The predicted molar refractivity (Wildman–Crippen MR) is 109 cm³/mol. The molecule has 0 spiro atoms. The van der Waals surface area contributed by atoms with Gasteiger partial charge in [-0.2, -0.15) is 0 Å². The molecule has 27 heavy (non-hydrogen) atoms. The van der Waals surface area contributed by atoms with Gasteiger partial charge in [-0.25, -0.2) is 4.79 Å². The molecular weight excluding hydrogens is 341 g/mol. The van der Waals surface area contributed by atoms with E-state index in [1.54, 1.807) is 0 Å². The minimum absolute atomic E-state index is 0.0668. The van der Waals surface area contributed by atoms with Gasteiger partial charge in [-0.15, -0.1) is 0 Å². The van der Waals surface area contributed by atoms with Crippen LogP contribution in [0.5, 0.6) is 0 Å². The summed E-state index contributed by atoms with van der Waals surface area (Å²) >= 11 is 0. The smallest absolute Gasteiger partial charge is 0.444 e. The van der Waals surface area contributed by atoms with Gasteiger partial charge in [-0.1, -0.05) is 32.0 Å². The maximum Gasteiger partial charge on any atom is 0.491 e. The van der Waals surface area contributed by atoms with Crippen molar-refractivity contribution in [1.82, 2.24) is 5.32 Å². The molecule has 0 fully saturated rings. The van der Waals surface area contributed by atoms with Crippen molar-refractivity contribution in [3.63, 3.8) is 0 Å². The number of carbonyl (C=O) groups is 1. The summed E-state index contributed by atoms with van der Waals surface area (Å²) < 4.78 is 11.3. The van der Waals surface area contributed by atoms with Crippen molar-refractivity contribution in [2.75, 3.05) is 0 Å². The second-order valence-electron chi connectivity index (χ2n) is 9.28. The van der Waals surface area contributed by atoms with E-state index in [0.717, 1.165) is 35.9 Å². The minimum atomic E-state index is -0.966. The Morgan fingerprint density at radius 2 is 1.93 bits per heavy atom. The summed E-state index contributed by atoms with van der Waals surface area (Å²) in [6.07, 6.45) is 2.39. The Labute approximate surface area is 164 Å². The van der Waals surface area contributed by atoms with E-state index < -0.39 is 24.4 Å². The molecule has 6 heteroatoms. The van der Waals surface area contributed by atoms with Crippen LogP contribution in [0.15, 0.2) is 18.2 Å². The maximum absolute atomic E-state index is 12.1. The van der Waals surface area contributed by atoms with E-state index >= 15 is 0 Å². The molecule has 0 saturated carbocycles. The highest BCUT2D eigenvalue weighted by molar-refractivity contribution is 6.60. The number of ether oxygens (including phenoxy) is 1. The molecule has 0 aromatic heterocycles. The zero-order valence-electron chi connectivity index (χ0n) is 17.8. The molecule has 0 radical (unpaired) electrons. The number of benzene rings is 1. The van der Waals surface area contributed by atoms with E-state index in [0.29, 0.717) is 0 Å². The van der Waals surface area contributed by atoms with Crippen LogP contribution in [0.3, 0.4) is 0 Å². The first-order chi connectivity index (χ1) is 12.4. The summed E-state index contributed by atoms with van der Waals surface area (Å²) in [4.78, 5) is 12.1. The Balaban J connectivity index is 2.13. The van der Waals surface area contributed by atoms with Crippen molar-refractivity contribution in [1.29, 1.82) is 0 Å². The van der Waals surface area contributed by atoms with Gasteiger partial charge in [-0.3, -0.25) is 0 Å². The fraction of sp³-hybridized carbons (Fsp3) is 0.667. The van der Waals surface area contributed by atoms with Gasteiger partial charge < -0.3 is 19.7 Å². The van der Waals surface area contributed by atoms with Gasteiger partial charge >= 0.3 is 13.2 Å². The van der Waals surface area contributed by atoms with Gasteiger partial charge in [0.25, 0.3) is 0 Å². The second kappa shape index (κ2) is 8.23. The molecular formula is C21H34BNO4. The van der Waals surface area contributed by atoms with Crippen molar-refractivity contribution >= 4 is 18.7 Å². The Kier molecular flexibility index (Phi) is 6.64. The molecule has 1 aliphatic carbocycles. The second-order valence-corrected chi connectivity index (χ2v) is 9.28. The summed E-state index contributed by atoms with van der Waals surface area (Å²) in [5, 5.41) is 13.5. The number of fused-ring (bicyclic) bond motifs is 1. The highest BCUT2D eigenvalue weighted by Gasteiger charge is 2.31. The number of hydrogen-bond acceptors (Lipinski definition) is 4. The number of rotatable bonds is 5. The number of amides is 1. The van der Waals surface area contributed by atoms with Gasteiger partial charge in [0.15, 0.2) is 0 Å². The normalized spacial score (nSPS) is 17.4. The lowest BCUT2D eigenvalue weighted by molar-refractivity contribution is 0.0422. The third-order valence-corrected chi connectivity index (χ3v) is 5.26. The highest BCUT2D eigenvalue weighted by Crippen LogP contribution is 2.30. The van der Waals surface area contributed by atoms with Crippen LogP contribution in [-0.4, -0.2) is 29.4 Å². The predicted octanol–water partition coefficient (Wildman–Crippen LogP) is 3.73. The summed E-state index contributed by atoms with van der Waals surface area (Å²) in [6.45, 7) is 13.7. The zero-order chi connectivity index (χ0) is 20.4. The molecule has 0 heterocycles. The molecule has 0 saturated heterocycles. The van der Waals surface area contributed by atoms with E-state index in [9.17, 15) is 9.82 Å². The number of hydrogen-bond donors (Lipinski definition) is 2. The Hall–Kier alpha value is -1.53. The molecule has 0 bridgehead atoms. The Bertz CT molecular complexity index is 667. The summed E-state index contributed by atoms with van der Waals surface area (Å²) in [6, 6.07) is 5.80. The van der Waals surface area contributed by atoms with Crippen molar-refractivity contribution in [2.24, 2.45) is 5.92 Å². The minimum Gasteiger partial charge on any atom is -0.444 e. The number of carbonyl (C=O) groups excluding carboxylic acids is 1. The van der Waals surface area contributed by atoms with Crippen LogP contribution in [0.4, 0.5) is 4.79 Å². The molecule has 1 amide bonds. The van der Waals surface area contributed by atoms with Crippen LogP contribution in [0.2, 0.25) is 0 Å². The first-order valence-corrected chi connectivity index (χ1v) is 9.87. The van der Waals surface area contributed by atoms with Crippen LogP contribution in [0, 0.1) is 5.92 Å². The Morgan fingerprint density at radius 3 is 2.52 bits per heavy atom. The number of alkyl carbamates (subject to hydrolysis) is 1. The summed E-state index contributed by atoms with van der Waals surface area (Å²) in [5.41, 5.74) is 2.04. The monoisotopic (exact) mass is 375 g/mol. The van der Waals surface area contributed by atoms with Gasteiger partial charge in [0.05, 0.1) is 11.6 Å². The number of nitrogens with one attached hydrogen (secondary N) is 1. The molecule has 1 atom stereocenters. The largest absolute Gasteiger partial charge is 0.491 e. The molecule has 0 aliphatic heterocycles. The fourth-order valence-corrected chi connectivity index (χ4v) is 3.08. The van der Waals surface area contributed by atoms with Crippen LogP contribution in [0.1, 0.15) is 78.5 Å². The first-order valence-electron chi connectivity index (χ1n) is 9.87. The average Bonchev–Trinajstić information content (AvgIpc) is 2.52. The van der Waals surface area contributed by atoms with Crippen LogP contribution in [0.25, 0.3) is 0 Å². The van der Waals surface area contributed by atoms with E-state index in [-0.39, 0.29) is 12.0 Å². The molecule has 150 valence electrons. The third kappa shape index (κ3) is 5.98. The zero-order valence-corrected chi connectivity index (χ0v) is 17.8. The molecule has 5 nitrogen and oxygen atoms in total. The average molecular weight is 375 g/mol. The fourth-order valence-electron chi connectivity index (χ4n) is 3.08. The quantitative estimate of drug-likeness (QED) is 0.770. The van der Waals surface area contributed by atoms with Gasteiger partial charge in [0, 0.05) is 0 Å². The van der Waals surface area contributed by atoms with E-state index in [2.05, 4.69) is 19.2 Å². The molecule has 1 unspecified atom stereocenters. The maximum atomic E-state index is 12.1. The molecule has 2 N–H and O–H groups in total. The van der Waals surface area contributed by atoms with Crippen molar-refractivity contribution in [2.45, 2.75) is 85.0 Å². The SMILES string of the molecule is CC(C)C(C)(C)OB(O)c1ccc2c(c1)CCCC2NC(=O)OC(C)(C)C. The molecule has 2 rings (SSSR count). The highest BCUT2D eigenvalue weighted by atomic mass is 16.6. The van der Waals surface area contributed by atoms with Crippen molar-refractivity contribution in [3.05, 3.63) is 29.3 Å². The Morgan fingerprint density at radius 1 is 1.26 bits per heavy atom. The first kappa shape index (κ1) is 21.8. The van der Waals surface area contributed by atoms with Crippen LogP contribution < -0.4 is 10.8 Å². The van der Waals surface area contributed by atoms with Crippen molar-refractivity contribution < 1.29 is 19.2 Å². The standard InChI is InChI=1S/C21H34BNO4/c1-14(2)21(6,7)27-22(25)16-11-12-17-15(13-16)9-8-10-18(17)23-19(24)26-20(3,4)5/h11-14,18,25H,8-10H2,1-7H3,(H,23,24). The summed E-state index contributed by atoms with van der Waals surface area (Å²) in [7, 11) is -0.966. The molecule has 1 aromatic carbocycles. The van der Waals surface area contributed by atoms with Gasteiger partial charge in [-0.05, 0) is 76.4 Å². The topological polar surface area (TPSA) is 67.8 Å². The van der Waals surface area contributed by atoms with E-state index in [1.807, 2.05) is 52.8 Å².